The van der Waals surface area contributed by atoms with Crippen molar-refractivity contribution in [3.05, 3.63) is 24.5 Å². The van der Waals surface area contributed by atoms with Crippen LogP contribution in [0.3, 0.4) is 0 Å². The number of esters is 1. The Balaban J connectivity index is 1.87. The molecule has 0 radical (unpaired) electrons. The minimum atomic E-state index is -0.339. The number of aromatic nitrogens is 1. The van der Waals surface area contributed by atoms with Crippen molar-refractivity contribution in [1.82, 2.24) is 4.98 Å². The maximum absolute atomic E-state index is 11.9. The molecule has 1 aliphatic rings. The third-order valence-electron chi connectivity index (χ3n) is 3.76. The topological polar surface area (TPSA) is 48.4 Å². The quantitative estimate of drug-likeness (QED) is 0.784. The summed E-state index contributed by atoms with van der Waals surface area (Å²) in [5.41, 5.74) is -0.339. The monoisotopic (exact) mass is 263 g/mol. The molecule has 0 amide bonds. The van der Waals surface area contributed by atoms with Crippen molar-refractivity contribution in [3.63, 3.8) is 0 Å². The van der Waals surface area contributed by atoms with E-state index >= 15 is 0 Å². The van der Waals surface area contributed by atoms with Crippen LogP contribution in [-0.2, 0) is 9.53 Å². The molecule has 4 heteroatoms. The largest absolute Gasteiger partial charge is 0.490 e. The summed E-state index contributed by atoms with van der Waals surface area (Å²) in [6.45, 7) is 4.29. The molecule has 0 aromatic carbocycles. The fourth-order valence-corrected chi connectivity index (χ4v) is 2.47. The Kier molecular flexibility index (Phi) is 4.40. The van der Waals surface area contributed by atoms with E-state index in [4.69, 9.17) is 9.47 Å². The van der Waals surface area contributed by atoms with E-state index in [1.54, 1.807) is 12.4 Å². The van der Waals surface area contributed by atoms with E-state index in [0.717, 1.165) is 31.4 Å². The fraction of sp³-hybridized carbons (Fsp3) is 0.600. The highest BCUT2D eigenvalue weighted by Gasteiger charge is 2.39. The minimum absolute atomic E-state index is 0.0719. The van der Waals surface area contributed by atoms with E-state index in [1.165, 1.54) is 0 Å². The van der Waals surface area contributed by atoms with Gasteiger partial charge in [0.1, 0.15) is 5.75 Å². The average Bonchev–Trinajstić information content (AvgIpc) is 2.43. The number of hydrogen-bond donors (Lipinski definition) is 0. The van der Waals surface area contributed by atoms with Crippen molar-refractivity contribution in [2.45, 2.75) is 45.6 Å². The van der Waals surface area contributed by atoms with Crippen LogP contribution >= 0.6 is 0 Å². The van der Waals surface area contributed by atoms with Crippen LogP contribution < -0.4 is 4.74 Å². The highest BCUT2D eigenvalue weighted by molar-refractivity contribution is 5.76. The van der Waals surface area contributed by atoms with Crippen LogP contribution in [0.1, 0.15) is 39.5 Å². The van der Waals surface area contributed by atoms with Gasteiger partial charge in [0.15, 0.2) is 0 Å². The van der Waals surface area contributed by atoms with Crippen LogP contribution in [0.15, 0.2) is 24.5 Å². The number of carbonyl (C=O) groups is 1. The van der Waals surface area contributed by atoms with Gasteiger partial charge in [0.25, 0.3) is 0 Å². The summed E-state index contributed by atoms with van der Waals surface area (Å²) in [7, 11) is 0. The predicted octanol–water partition coefficient (Wildman–Crippen LogP) is 2.97. The summed E-state index contributed by atoms with van der Waals surface area (Å²) < 4.78 is 11.0. The molecular formula is C15H21NO3. The number of carbonyl (C=O) groups excluding carboxylic acids is 1. The van der Waals surface area contributed by atoms with Gasteiger partial charge in [-0.2, -0.15) is 0 Å². The smallest absolute Gasteiger partial charge is 0.311 e. The zero-order chi connectivity index (χ0) is 13.7. The average molecular weight is 263 g/mol. The first-order valence-corrected chi connectivity index (χ1v) is 6.88. The van der Waals surface area contributed by atoms with E-state index in [0.29, 0.717) is 6.61 Å². The van der Waals surface area contributed by atoms with Gasteiger partial charge in [-0.3, -0.25) is 9.78 Å². The number of rotatable bonds is 4. The summed E-state index contributed by atoms with van der Waals surface area (Å²) in [4.78, 5) is 15.9. The van der Waals surface area contributed by atoms with Crippen molar-refractivity contribution in [2.75, 3.05) is 6.61 Å². The molecule has 0 bridgehead atoms. The normalized spacial score (nSPS) is 26.7. The first-order valence-electron chi connectivity index (χ1n) is 6.88. The highest BCUT2D eigenvalue weighted by Crippen LogP contribution is 2.38. The molecule has 0 unspecified atom stereocenters. The summed E-state index contributed by atoms with van der Waals surface area (Å²) in [6, 6.07) is 3.72. The Morgan fingerprint density at radius 1 is 1.37 bits per heavy atom. The molecule has 1 saturated carbocycles. The van der Waals surface area contributed by atoms with Gasteiger partial charge in [0.2, 0.25) is 0 Å². The van der Waals surface area contributed by atoms with Crippen LogP contribution in [0, 0.1) is 5.41 Å². The predicted molar refractivity (Wildman–Crippen MR) is 71.9 cm³/mol. The number of hydrogen-bond acceptors (Lipinski definition) is 4. The summed E-state index contributed by atoms with van der Waals surface area (Å²) in [6.07, 6.45) is 7.05. The molecule has 2 rings (SSSR count). The van der Waals surface area contributed by atoms with E-state index in [9.17, 15) is 4.79 Å². The van der Waals surface area contributed by atoms with Crippen molar-refractivity contribution in [1.29, 1.82) is 0 Å². The molecule has 104 valence electrons. The first kappa shape index (κ1) is 13.8. The lowest BCUT2D eigenvalue weighted by Gasteiger charge is -2.35. The van der Waals surface area contributed by atoms with Gasteiger partial charge in [-0.05, 0) is 51.7 Å². The van der Waals surface area contributed by atoms with E-state index in [1.807, 2.05) is 26.0 Å². The second-order valence-electron chi connectivity index (χ2n) is 5.28. The Morgan fingerprint density at radius 2 is 2.00 bits per heavy atom. The molecule has 0 N–H and O–H groups in total. The maximum atomic E-state index is 11.9. The molecule has 0 spiro atoms. The van der Waals surface area contributed by atoms with Crippen LogP contribution in [0.2, 0.25) is 0 Å². The Hall–Kier alpha value is -1.58. The van der Waals surface area contributed by atoms with Gasteiger partial charge in [0.05, 0.1) is 18.1 Å². The highest BCUT2D eigenvalue weighted by atomic mass is 16.5. The Labute approximate surface area is 114 Å². The number of nitrogens with zero attached hydrogens (tertiary/aromatic N) is 1. The fourth-order valence-electron chi connectivity index (χ4n) is 2.47. The van der Waals surface area contributed by atoms with Gasteiger partial charge >= 0.3 is 5.97 Å². The molecule has 1 heterocycles. The standard InChI is InChI=1S/C15H21NO3/c1-3-18-14(17)15(2)8-4-12(5-9-15)19-13-6-10-16-11-7-13/h6-7,10-12H,3-5,8-9H2,1-2H3/t12-,15+. The summed E-state index contributed by atoms with van der Waals surface area (Å²) in [5.74, 6) is 0.775. The molecule has 1 aromatic heterocycles. The summed E-state index contributed by atoms with van der Waals surface area (Å²) >= 11 is 0. The zero-order valence-electron chi connectivity index (χ0n) is 11.6. The molecule has 0 atom stereocenters. The van der Waals surface area contributed by atoms with Crippen LogP contribution in [0.4, 0.5) is 0 Å². The van der Waals surface area contributed by atoms with E-state index in [2.05, 4.69) is 4.98 Å². The molecule has 1 aliphatic carbocycles. The summed E-state index contributed by atoms with van der Waals surface area (Å²) in [5, 5.41) is 0. The van der Waals surface area contributed by atoms with Crippen molar-refractivity contribution in [3.8, 4) is 5.75 Å². The minimum Gasteiger partial charge on any atom is -0.490 e. The van der Waals surface area contributed by atoms with Gasteiger partial charge in [-0.25, -0.2) is 0 Å². The van der Waals surface area contributed by atoms with E-state index in [-0.39, 0.29) is 17.5 Å². The van der Waals surface area contributed by atoms with Crippen molar-refractivity contribution in [2.24, 2.45) is 5.41 Å². The van der Waals surface area contributed by atoms with Crippen molar-refractivity contribution < 1.29 is 14.3 Å². The third kappa shape index (κ3) is 3.46. The van der Waals surface area contributed by atoms with Crippen LogP contribution in [0.25, 0.3) is 0 Å². The van der Waals surface area contributed by atoms with Gasteiger partial charge in [0, 0.05) is 12.4 Å². The van der Waals surface area contributed by atoms with Crippen LogP contribution in [0.5, 0.6) is 5.75 Å². The third-order valence-corrected chi connectivity index (χ3v) is 3.76. The molecule has 19 heavy (non-hydrogen) atoms. The lowest BCUT2D eigenvalue weighted by atomic mass is 9.74. The molecule has 1 fully saturated rings. The molecule has 0 aliphatic heterocycles. The number of ether oxygens (including phenoxy) is 2. The molecule has 1 aromatic rings. The number of pyridine rings is 1. The Bertz CT molecular complexity index is 411. The Morgan fingerprint density at radius 3 is 2.58 bits per heavy atom. The SMILES string of the molecule is CCOC(=O)[C@]1(C)CC[C@H](Oc2ccncc2)CC1. The van der Waals surface area contributed by atoms with Gasteiger partial charge in [-0.1, -0.05) is 0 Å². The maximum Gasteiger partial charge on any atom is 0.311 e. The zero-order valence-corrected chi connectivity index (χ0v) is 11.6. The molecule has 0 saturated heterocycles. The second kappa shape index (κ2) is 6.04. The van der Waals surface area contributed by atoms with Crippen molar-refractivity contribution >= 4 is 5.97 Å². The van der Waals surface area contributed by atoms with Crippen LogP contribution in [-0.4, -0.2) is 23.7 Å². The first-order chi connectivity index (χ1) is 9.14. The molecular weight excluding hydrogens is 242 g/mol. The van der Waals surface area contributed by atoms with Gasteiger partial charge in [-0.15, -0.1) is 0 Å². The lowest BCUT2D eigenvalue weighted by Crippen LogP contribution is -2.37. The lowest BCUT2D eigenvalue weighted by molar-refractivity contribution is -0.157. The molecule has 4 nitrogen and oxygen atoms in total. The van der Waals surface area contributed by atoms with E-state index < -0.39 is 0 Å². The van der Waals surface area contributed by atoms with Gasteiger partial charge < -0.3 is 9.47 Å². The second-order valence-corrected chi connectivity index (χ2v) is 5.28.